The van der Waals surface area contributed by atoms with Crippen LogP contribution in [0.2, 0.25) is 0 Å². The summed E-state index contributed by atoms with van der Waals surface area (Å²) >= 11 is 0. The first-order chi connectivity index (χ1) is 12.4. The molecule has 1 amide bonds. The molecule has 0 aromatic heterocycles. The molecule has 0 spiro atoms. The smallest absolute Gasteiger partial charge is 0.306 e. The second-order valence-corrected chi connectivity index (χ2v) is 8.79. The first-order valence-electron chi connectivity index (χ1n) is 9.40. The number of aliphatic carboxylic acids is 1. The summed E-state index contributed by atoms with van der Waals surface area (Å²) in [6.45, 7) is 14.1. The lowest BCUT2D eigenvalue weighted by Gasteiger charge is -2.19. The van der Waals surface area contributed by atoms with E-state index < -0.39 is 23.1 Å². The van der Waals surface area contributed by atoms with Gasteiger partial charge in [-0.15, -0.1) is 0 Å². The van der Waals surface area contributed by atoms with E-state index in [0.29, 0.717) is 12.8 Å². The van der Waals surface area contributed by atoms with E-state index in [0.717, 1.165) is 0 Å². The molecule has 0 aliphatic heterocycles. The number of carbonyl (C=O) groups excluding carboxylic acids is 3. The molecule has 0 fully saturated rings. The molecular formula is C20H37NO7. The first-order valence-corrected chi connectivity index (χ1v) is 9.40. The zero-order valence-corrected chi connectivity index (χ0v) is 18.5. The molecule has 0 aromatic rings. The number of ether oxygens (including phenoxy) is 2. The zero-order chi connectivity index (χ0) is 22.7. The van der Waals surface area contributed by atoms with Gasteiger partial charge in [0.1, 0.15) is 11.2 Å². The molecule has 0 saturated carbocycles. The van der Waals surface area contributed by atoms with Gasteiger partial charge >= 0.3 is 17.9 Å². The van der Waals surface area contributed by atoms with Crippen LogP contribution < -0.4 is 5.73 Å². The standard InChI is InChI=1S/C10H19NO3.C10H18O4/c1-7(9(11)13)5-6-8(12)14-10(2,3)4;1-7(9(12)13)5-6-8(11)14-10(2,3)4/h7H,5-6H2,1-4H3,(H2,11,13);7H,5-6H2,1-4H3,(H,12,13)/t2*7-/m00/s1. The SMILES string of the molecule is C[C@@H](CCC(=O)OC(C)(C)C)C(=O)O.C[C@@H](CCC(=O)OC(C)(C)C)C(N)=O. The Balaban J connectivity index is 0. The Kier molecular flexibility index (Phi) is 12.4. The Labute approximate surface area is 168 Å². The number of rotatable bonds is 8. The average molecular weight is 404 g/mol. The molecule has 28 heavy (non-hydrogen) atoms. The molecule has 0 aliphatic carbocycles. The van der Waals surface area contributed by atoms with Gasteiger partial charge in [0.05, 0.1) is 5.92 Å². The lowest BCUT2D eigenvalue weighted by atomic mass is 10.1. The minimum atomic E-state index is -0.881. The van der Waals surface area contributed by atoms with Crippen molar-refractivity contribution in [2.75, 3.05) is 0 Å². The van der Waals surface area contributed by atoms with E-state index in [2.05, 4.69) is 0 Å². The van der Waals surface area contributed by atoms with Crippen LogP contribution in [0, 0.1) is 11.8 Å². The zero-order valence-electron chi connectivity index (χ0n) is 18.5. The van der Waals surface area contributed by atoms with Crippen LogP contribution in [0.3, 0.4) is 0 Å². The normalized spacial score (nSPS) is 13.4. The highest BCUT2D eigenvalue weighted by atomic mass is 16.6. The van der Waals surface area contributed by atoms with Crippen LogP contribution in [0.1, 0.15) is 81.1 Å². The van der Waals surface area contributed by atoms with Crippen molar-refractivity contribution < 1.29 is 33.8 Å². The Bertz CT molecular complexity index is 482. The summed E-state index contributed by atoms with van der Waals surface area (Å²) in [4.78, 5) is 43.5. The van der Waals surface area contributed by atoms with E-state index in [4.69, 9.17) is 20.3 Å². The van der Waals surface area contributed by atoms with Crippen molar-refractivity contribution in [3.8, 4) is 0 Å². The van der Waals surface area contributed by atoms with E-state index in [-0.39, 0.29) is 36.6 Å². The van der Waals surface area contributed by atoms with Gasteiger partial charge in [-0.2, -0.15) is 0 Å². The maximum Gasteiger partial charge on any atom is 0.306 e. The molecule has 8 heteroatoms. The number of primary amides is 1. The van der Waals surface area contributed by atoms with E-state index in [1.54, 1.807) is 34.6 Å². The Morgan fingerprint density at radius 3 is 1.36 bits per heavy atom. The van der Waals surface area contributed by atoms with Crippen LogP contribution in [0.5, 0.6) is 0 Å². The molecule has 0 bridgehead atoms. The molecule has 0 radical (unpaired) electrons. The molecule has 8 nitrogen and oxygen atoms in total. The van der Waals surface area contributed by atoms with Crippen molar-refractivity contribution in [1.82, 2.24) is 0 Å². The molecule has 0 heterocycles. The van der Waals surface area contributed by atoms with E-state index >= 15 is 0 Å². The lowest BCUT2D eigenvalue weighted by molar-refractivity contribution is -0.156. The summed E-state index contributed by atoms with van der Waals surface area (Å²) in [7, 11) is 0. The molecule has 0 aliphatic rings. The minimum Gasteiger partial charge on any atom is -0.481 e. The summed E-state index contributed by atoms with van der Waals surface area (Å²) in [5.41, 5.74) is 4.10. The monoisotopic (exact) mass is 403 g/mol. The number of nitrogens with two attached hydrogens (primary N) is 1. The van der Waals surface area contributed by atoms with Gasteiger partial charge in [-0.3, -0.25) is 19.2 Å². The maximum absolute atomic E-state index is 11.2. The number of hydrogen-bond acceptors (Lipinski definition) is 6. The molecule has 2 atom stereocenters. The van der Waals surface area contributed by atoms with E-state index in [1.807, 2.05) is 20.8 Å². The third kappa shape index (κ3) is 18.7. The Morgan fingerprint density at radius 1 is 0.786 bits per heavy atom. The average Bonchev–Trinajstić information content (AvgIpc) is 2.47. The minimum absolute atomic E-state index is 0.157. The molecule has 0 saturated heterocycles. The lowest BCUT2D eigenvalue weighted by Crippen LogP contribution is -2.25. The van der Waals surface area contributed by atoms with Crippen LogP contribution in [0.4, 0.5) is 0 Å². The Hall–Kier alpha value is -2.12. The largest absolute Gasteiger partial charge is 0.481 e. The predicted molar refractivity (Wildman–Crippen MR) is 105 cm³/mol. The fraction of sp³-hybridized carbons (Fsp3) is 0.800. The van der Waals surface area contributed by atoms with Gasteiger partial charge in [0.2, 0.25) is 5.91 Å². The Morgan fingerprint density at radius 2 is 1.11 bits per heavy atom. The maximum atomic E-state index is 11.2. The van der Waals surface area contributed by atoms with Gasteiger partial charge in [0.15, 0.2) is 0 Å². The fourth-order valence-electron chi connectivity index (χ4n) is 1.72. The summed E-state index contributed by atoms with van der Waals surface area (Å²) in [6, 6.07) is 0. The molecule has 0 aromatic carbocycles. The van der Waals surface area contributed by atoms with Crippen LogP contribution in [-0.4, -0.2) is 40.1 Å². The van der Waals surface area contributed by atoms with Gasteiger partial charge in [-0.25, -0.2) is 0 Å². The summed E-state index contributed by atoms with van der Waals surface area (Å²) in [5.74, 6) is -2.66. The van der Waals surface area contributed by atoms with E-state index in [9.17, 15) is 19.2 Å². The molecule has 3 N–H and O–H groups in total. The first kappa shape index (κ1) is 28.1. The number of carbonyl (C=O) groups is 4. The molecule has 0 unspecified atom stereocenters. The highest BCUT2D eigenvalue weighted by molar-refractivity contribution is 5.77. The number of amides is 1. The molecule has 0 rings (SSSR count). The van der Waals surface area contributed by atoms with Crippen molar-refractivity contribution in [1.29, 1.82) is 0 Å². The quantitative estimate of drug-likeness (QED) is 0.595. The van der Waals surface area contributed by atoms with Gasteiger partial charge < -0.3 is 20.3 Å². The number of carboxylic acid groups (broad SMARTS) is 1. The third-order valence-corrected chi connectivity index (χ3v) is 3.31. The van der Waals surface area contributed by atoms with Crippen molar-refractivity contribution in [3.05, 3.63) is 0 Å². The van der Waals surface area contributed by atoms with Gasteiger partial charge in [0.25, 0.3) is 0 Å². The van der Waals surface area contributed by atoms with Crippen molar-refractivity contribution in [2.24, 2.45) is 17.6 Å². The number of hydrogen-bond donors (Lipinski definition) is 2. The van der Waals surface area contributed by atoms with E-state index in [1.165, 1.54) is 0 Å². The summed E-state index contributed by atoms with van der Waals surface area (Å²) in [6.07, 6.45) is 1.17. The fourth-order valence-corrected chi connectivity index (χ4v) is 1.72. The van der Waals surface area contributed by atoms with Crippen molar-refractivity contribution in [2.45, 2.75) is 92.3 Å². The van der Waals surface area contributed by atoms with Crippen LogP contribution in [-0.2, 0) is 28.7 Å². The highest BCUT2D eigenvalue weighted by Crippen LogP contribution is 2.13. The number of esters is 2. The number of carboxylic acids is 1. The second-order valence-electron chi connectivity index (χ2n) is 8.79. The van der Waals surface area contributed by atoms with Gasteiger partial charge in [-0.1, -0.05) is 13.8 Å². The molecule has 164 valence electrons. The van der Waals surface area contributed by atoms with Crippen LogP contribution >= 0.6 is 0 Å². The second kappa shape index (κ2) is 12.4. The predicted octanol–water partition coefficient (Wildman–Crippen LogP) is 3.06. The van der Waals surface area contributed by atoms with Gasteiger partial charge in [0, 0.05) is 18.8 Å². The van der Waals surface area contributed by atoms with Crippen molar-refractivity contribution in [3.63, 3.8) is 0 Å². The summed E-state index contributed by atoms with van der Waals surface area (Å²) < 4.78 is 10.1. The highest BCUT2D eigenvalue weighted by Gasteiger charge is 2.19. The van der Waals surface area contributed by atoms with Crippen LogP contribution in [0.25, 0.3) is 0 Å². The van der Waals surface area contributed by atoms with Crippen molar-refractivity contribution >= 4 is 23.8 Å². The topological polar surface area (TPSA) is 133 Å². The van der Waals surface area contributed by atoms with Crippen LogP contribution in [0.15, 0.2) is 0 Å². The summed E-state index contributed by atoms with van der Waals surface area (Å²) in [5, 5.41) is 8.58. The molecular weight excluding hydrogens is 366 g/mol. The third-order valence-electron chi connectivity index (χ3n) is 3.31. The van der Waals surface area contributed by atoms with Gasteiger partial charge in [-0.05, 0) is 54.4 Å².